The van der Waals surface area contributed by atoms with Crippen molar-refractivity contribution in [3.8, 4) is 0 Å². The van der Waals surface area contributed by atoms with Gasteiger partial charge >= 0.3 is 0 Å². The van der Waals surface area contributed by atoms with Gasteiger partial charge in [-0.05, 0) is 31.0 Å². The Bertz CT molecular complexity index is 643. The number of nitrogen functional groups attached to an aromatic ring is 1. The maximum Gasteiger partial charge on any atom is 0.245 e. The molecule has 0 saturated carbocycles. The molecule has 1 aliphatic rings. The molecule has 0 radical (unpaired) electrons. The topological polar surface area (TPSA) is 83.7 Å². The number of rotatable bonds is 2. The third-order valence-corrected chi connectivity index (χ3v) is 5.66. The van der Waals surface area contributed by atoms with E-state index in [1.165, 1.54) is 11.2 Å². The molecule has 0 atom stereocenters. The molecule has 6 nitrogen and oxygen atoms in total. The molecule has 2 N–H and O–H groups in total. The number of anilines is 1. The molecule has 7 heteroatoms. The predicted molar refractivity (Wildman–Crippen MR) is 81.2 cm³/mol. The Labute approximate surface area is 125 Å². The number of sulfonamides is 1. The summed E-state index contributed by atoms with van der Waals surface area (Å²) in [5, 5.41) is 0. The predicted octanol–water partition coefficient (Wildman–Crippen LogP) is 0.820. The van der Waals surface area contributed by atoms with Crippen LogP contribution >= 0.6 is 0 Å². The SMILES string of the molecule is CC(=O)N1CCCN(S(=O)(=O)c2ccc(C)cc2N)CC1. The summed E-state index contributed by atoms with van der Waals surface area (Å²) < 4.78 is 26.8. The Hall–Kier alpha value is -1.60. The lowest BCUT2D eigenvalue weighted by Crippen LogP contribution is -2.36. The van der Waals surface area contributed by atoms with Crippen molar-refractivity contribution in [2.75, 3.05) is 31.9 Å². The molecule has 1 aromatic carbocycles. The number of amides is 1. The molecule has 0 spiro atoms. The van der Waals surface area contributed by atoms with Gasteiger partial charge in [-0.3, -0.25) is 4.79 Å². The second-order valence-electron chi connectivity index (χ2n) is 5.30. The Morgan fingerprint density at radius 1 is 1.19 bits per heavy atom. The van der Waals surface area contributed by atoms with Crippen LogP contribution in [0.5, 0.6) is 0 Å². The van der Waals surface area contributed by atoms with Crippen molar-refractivity contribution in [2.24, 2.45) is 0 Å². The van der Waals surface area contributed by atoms with Gasteiger partial charge in [0, 0.05) is 33.1 Å². The van der Waals surface area contributed by atoms with Gasteiger partial charge in [0.05, 0.1) is 5.69 Å². The smallest absolute Gasteiger partial charge is 0.245 e. The maximum absolute atomic E-state index is 12.7. The number of hydrogen-bond donors (Lipinski definition) is 1. The maximum atomic E-state index is 12.7. The van der Waals surface area contributed by atoms with E-state index in [1.807, 2.05) is 6.92 Å². The zero-order valence-corrected chi connectivity index (χ0v) is 13.2. The largest absolute Gasteiger partial charge is 0.398 e. The van der Waals surface area contributed by atoms with Crippen molar-refractivity contribution in [1.29, 1.82) is 0 Å². The van der Waals surface area contributed by atoms with Crippen LogP contribution in [-0.2, 0) is 14.8 Å². The van der Waals surface area contributed by atoms with Gasteiger partial charge in [0.2, 0.25) is 15.9 Å². The van der Waals surface area contributed by atoms with E-state index in [9.17, 15) is 13.2 Å². The van der Waals surface area contributed by atoms with Crippen LogP contribution in [0.1, 0.15) is 18.9 Å². The number of hydrogen-bond acceptors (Lipinski definition) is 4. The minimum atomic E-state index is -3.61. The fourth-order valence-corrected chi connectivity index (χ4v) is 4.06. The highest BCUT2D eigenvalue weighted by Crippen LogP contribution is 2.24. The van der Waals surface area contributed by atoms with E-state index >= 15 is 0 Å². The lowest BCUT2D eigenvalue weighted by molar-refractivity contribution is -0.128. The monoisotopic (exact) mass is 311 g/mol. The Morgan fingerprint density at radius 3 is 2.52 bits per heavy atom. The van der Waals surface area contributed by atoms with Crippen molar-refractivity contribution in [1.82, 2.24) is 9.21 Å². The van der Waals surface area contributed by atoms with E-state index in [-0.39, 0.29) is 16.5 Å². The fraction of sp³-hybridized carbons (Fsp3) is 0.500. The number of nitrogens with two attached hydrogens (primary N) is 1. The quantitative estimate of drug-likeness (QED) is 0.820. The van der Waals surface area contributed by atoms with Crippen LogP contribution in [0.2, 0.25) is 0 Å². The third-order valence-electron chi connectivity index (χ3n) is 3.68. The zero-order chi connectivity index (χ0) is 15.6. The molecule has 0 unspecified atom stereocenters. The molecule has 1 amide bonds. The lowest BCUT2D eigenvalue weighted by atomic mass is 10.2. The fourth-order valence-electron chi connectivity index (χ4n) is 2.49. The number of nitrogens with zero attached hydrogens (tertiary/aromatic N) is 2. The molecular weight excluding hydrogens is 290 g/mol. The van der Waals surface area contributed by atoms with E-state index in [2.05, 4.69) is 0 Å². The van der Waals surface area contributed by atoms with Crippen molar-refractivity contribution >= 4 is 21.6 Å². The summed E-state index contributed by atoms with van der Waals surface area (Å²) in [6.45, 7) is 5.07. The summed E-state index contributed by atoms with van der Waals surface area (Å²) in [4.78, 5) is 13.2. The van der Waals surface area contributed by atoms with Gasteiger partial charge < -0.3 is 10.6 Å². The summed E-state index contributed by atoms with van der Waals surface area (Å²) in [6.07, 6.45) is 0.630. The molecule has 0 aromatic heterocycles. The van der Waals surface area contributed by atoms with Crippen LogP contribution in [0.3, 0.4) is 0 Å². The Kier molecular flexibility index (Phi) is 4.53. The molecule has 1 saturated heterocycles. The van der Waals surface area contributed by atoms with E-state index in [0.29, 0.717) is 32.6 Å². The first-order valence-electron chi connectivity index (χ1n) is 6.94. The highest BCUT2D eigenvalue weighted by Gasteiger charge is 2.28. The van der Waals surface area contributed by atoms with Crippen LogP contribution in [0, 0.1) is 6.92 Å². The van der Waals surface area contributed by atoms with Crippen molar-refractivity contribution in [3.05, 3.63) is 23.8 Å². The van der Waals surface area contributed by atoms with E-state index in [1.54, 1.807) is 23.1 Å². The second-order valence-corrected chi connectivity index (χ2v) is 7.21. The van der Waals surface area contributed by atoms with Crippen LogP contribution in [-0.4, -0.2) is 49.7 Å². The minimum absolute atomic E-state index is 0.0240. The highest BCUT2D eigenvalue weighted by atomic mass is 32.2. The van der Waals surface area contributed by atoms with Gasteiger partial charge in [-0.2, -0.15) is 4.31 Å². The number of aryl methyl sites for hydroxylation is 1. The van der Waals surface area contributed by atoms with Crippen LogP contribution in [0.25, 0.3) is 0 Å². The van der Waals surface area contributed by atoms with Crippen LogP contribution in [0.15, 0.2) is 23.1 Å². The van der Waals surface area contributed by atoms with E-state index in [0.717, 1.165) is 5.56 Å². The molecule has 21 heavy (non-hydrogen) atoms. The summed E-state index contributed by atoms with van der Waals surface area (Å²) in [5.74, 6) is -0.0240. The molecule has 1 aliphatic heterocycles. The molecule has 0 bridgehead atoms. The zero-order valence-electron chi connectivity index (χ0n) is 12.4. The van der Waals surface area contributed by atoms with Crippen molar-refractivity contribution in [2.45, 2.75) is 25.2 Å². The average molecular weight is 311 g/mol. The first kappa shape index (κ1) is 15.8. The molecule has 1 fully saturated rings. The Balaban J connectivity index is 2.25. The molecule has 116 valence electrons. The van der Waals surface area contributed by atoms with Gasteiger partial charge in [-0.1, -0.05) is 6.07 Å². The first-order chi connectivity index (χ1) is 9.82. The second kappa shape index (κ2) is 6.03. The molecule has 1 heterocycles. The van der Waals surface area contributed by atoms with E-state index < -0.39 is 10.0 Å². The molecular formula is C14H21N3O3S. The third kappa shape index (κ3) is 3.36. The molecule has 2 rings (SSSR count). The van der Waals surface area contributed by atoms with Crippen LogP contribution < -0.4 is 5.73 Å². The van der Waals surface area contributed by atoms with Gasteiger partial charge in [-0.25, -0.2) is 8.42 Å². The molecule has 1 aromatic rings. The number of carbonyl (C=O) groups excluding carboxylic acids is 1. The normalized spacial score (nSPS) is 17.5. The van der Waals surface area contributed by atoms with Gasteiger partial charge in [0.15, 0.2) is 0 Å². The lowest BCUT2D eigenvalue weighted by Gasteiger charge is -2.21. The number of benzene rings is 1. The van der Waals surface area contributed by atoms with Crippen LogP contribution in [0.4, 0.5) is 5.69 Å². The van der Waals surface area contributed by atoms with Crippen molar-refractivity contribution in [3.63, 3.8) is 0 Å². The summed E-state index contributed by atoms with van der Waals surface area (Å²) in [7, 11) is -3.61. The Morgan fingerprint density at radius 2 is 1.90 bits per heavy atom. The number of carbonyl (C=O) groups is 1. The summed E-state index contributed by atoms with van der Waals surface area (Å²) >= 11 is 0. The average Bonchev–Trinajstić information content (AvgIpc) is 2.64. The first-order valence-corrected chi connectivity index (χ1v) is 8.38. The summed E-state index contributed by atoms with van der Waals surface area (Å²) in [6, 6.07) is 4.95. The molecule has 0 aliphatic carbocycles. The highest BCUT2D eigenvalue weighted by molar-refractivity contribution is 7.89. The van der Waals surface area contributed by atoms with Gasteiger partial charge in [0.1, 0.15) is 4.90 Å². The van der Waals surface area contributed by atoms with Gasteiger partial charge in [-0.15, -0.1) is 0 Å². The minimum Gasteiger partial charge on any atom is -0.398 e. The standard InChI is InChI=1S/C14H21N3O3S/c1-11-4-5-14(13(15)10-11)21(19,20)17-7-3-6-16(8-9-17)12(2)18/h4-5,10H,3,6-9,15H2,1-2H3. The van der Waals surface area contributed by atoms with Gasteiger partial charge in [0.25, 0.3) is 0 Å². The van der Waals surface area contributed by atoms with E-state index in [4.69, 9.17) is 5.73 Å². The van der Waals surface area contributed by atoms with Crippen molar-refractivity contribution < 1.29 is 13.2 Å². The summed E-state index contributed by atoms with van der Waals surface area (Å²) in [5.41, 5.74) is 7.05.